The van der Waals surface area contributed by atoms with E-state index in [0.717, 1.165) is 27.6 Å². The number of anilines is 1. The molecule has 0 aliphatic carbocycles. The Morgan fingerprint density at radius 3 is 3.00 bits per heavy atom. The number of nitrogens with zero attached hydrogens (tertiary/aromatic N) is 1. The summed E-state index contributed by atoms with van der Waals surface area (Å²) in [5, 5.41) is 11.7. The number of halogens is 1. The summed E-state index contributed by atoms with van der Waals surface area (Å²) in [4.78, 5) is 0. The molecule has 1 heterocycles. The molecular formula is C15H14BrN3. The molecule has 3 aromatic rings. The summed E-state index contributed by atoms with van der Waals surface area (Å²) in [6, 6.07) is 12.5. The van der Waals surface area contributed by atoms with Crippen molar-refractivity contribution in [2.45, 2.75) is 13.5 Å². The van der Waals surface area contributed by atoms with E-state index in [1.54, 1.807) is 0 Å². The van der Waals surface area contributed by atoms with Crippen LogP contribution in [-0.4, -0.2) is 10.2 Å². The van der Waals surface area contributed by atoms with Crippen molar-refractivity contribution in [3.8, 4) is 0 Å². The van der Waals surface area contributed by atoms with Crippen LogP contribution in [0.25, 0.3) is 10.9 Å². The maximum Gasteiger partial charge on any atom is 0.0881 e. The van der Waals surface area contributed by atoms with Gasteiger partial charge in [0.2, 0.25) is 0 Å². The largest absolute Gasteiger partial charge is 0.379 e. The normalized spacial score (nSPS) is 10.8. The highest BCUT2D eigenvalue weighted by molar-refractivity contribution is 9.10. The van der Waals surface area contributed by atoms with E-state index in [-0.39, 0.29) is 0 Å². The Balaban J connectivity index is 1.82. The lowest BCUT2D eigenvalue weighted by Crippen LogP contribution is -2.00. The SMILES string of the molecule is Cc1cc(CNc2cccc3cn[nH]c23)ccc1Br. The van der Waals surface area contributed by atoms with E-state index in [1.807, 2.05) is 18.3 Å². The van der Waals surface area contributed by atoms with Crippen LogP contribution in [0.2, 0.25) is 0 Å². The second kappa shape index (κ2) is 5.05. The highest BCUT2D eigenvalue weighted by Crippen LogP contribution is 2.22. The molecule has 0 spiro atoms. The standard InChI is InChI=1S/C15H14BrN3/c1-10-7-11(5-6-13(10)16)8-17-14-4-2-3-12-9-18-19-15(12)14/h2-7,9,17H,8H2,1H3,(H,18,19). The van der Waals surface area contributed by atoms with Crippen LogP contribution in [0.4, 0.5) is 5.69 Å². The minimum Gasteiger partial charge on any atom is -0.379 e. The lowest BCUT2D eigenvalue weighted by molar-refractivity contribution is 1.11. The predicted octanol–water partition coefficient (Wildman–Crippen LogP) is 4.25. The second-order valence-corrected chi connectivity index (χ2v) is 5.43. The quantitative estimate of drug-likeness (QED) is 0.758. The van der Waals surface area contributed by atoms with E-state index in [0.29, 0.717) is 0 Å². The van der Waals surface area contributed by atoms with Crippen molar-refractivity contribution in [3.05, 3.63) is 58.2 Å². The zero-order valence-corrected chi connectivity index (χ0v) is 12.2. The average molecular weight is 316 g/mol. The molecule has 0 fully saturated rings. The first kappa shape index (κ1) is 12.2. The molecule has 0 unspecified atom stereocenters. The number of benzene rings is 2. The fourth-order valence-electron chi connectivity index (χ4n) is 2.13. The van der Waals surface area contributed by atoms with Crippen LogP contribution >= 0.6 is 15.9 Å². The summed E-state index contributed by atoms with van der Waals surface area (Å²) in [6.07, 6.45) is 1.84. The number of fused-ring (bicyclic) bond motifs is 1. The number of nitrogens with one attached hydrogen (secondary N) is 2. The third-order valence-corrected chi connectivity index (χ3v) is 4.07. The van der Waals surface area contributed by atoms with Gasteiger partial charge in [-0.2, -0.15) is 5.10 Å². The van der Waals surface area contributed by atoms with Gasteiger partial charge in [0.05, 0.1) is 17.4 Å². The molecule has 0 aliphatic heterocycles. The lowest BCUT2D eigenvalue weighted by Gasteiger charge is -2.09. The number of hydrogen-bond acceptors (Lipinski definition) is 2. The number of H-pyrrole nitrogens is 1. The minimum atomic E-state index is 0.798. The van der Waals surface area contributed by atoms with Crippen molar-refractivity contribution < 1.29 is 0 Å². The number of aromatic amines is 1. The number of hydrogen-bond donors (Lipinski definition) is 2. The van der Waals surface area contributed by atoms with E-state index in [4.69, 9.17) is 0 Å². The first-order chi connectivity index (χ1) is 9.24. The molecule has 0 saturated carbocycles. The van der Waals surface area contributed by atoms with Crippen LogP contribution < -0.4 is 5.32 Å². The minimum absolute atomic E-state index is 0.798. The van der Waals surface area contributed by atoms with E-state index < -0.39 is 0 Å². The van der Waals surface area contributed by atoms with E-state index in [1.165, 1.54) is 11.1 Å². The maximum absolute atomic E-state index is 4.07. The van der Waals surface area contributed by atoms with Crippen molar-refractivity contribution in [1.29, 1.82) is 0 Å². The predicted molar refractivity (Wildman–Crippen MR) is 82.3 cm³/mol. The molecule has 0 aliphatic rings. The molecule has 4 heteroatoms. The first-order valence-electron chi connectivity index (χ1n) is 6.15. The molecule has 2 N–H and O–H groups in total. The molecule has 19 heavy (non-hydrogen) atoms. The molecule has 0 bridgehead atoms. The smallest absolute Gasteiger partial charge is 0.0881 e. The van der Waals surface area contributed by atoms with Crippen molar-refractivity contribution in [2.24, 2.45) is 0 Å². The molecule has 0 saturated heterocycles. The Bertz CT molecular complexity index is 718. The summed E-state index contributed by atoms with van der Waals surface area (Å²) < 4.78 is 1.15. The van der Waals surface area contributed by atoms with Crippen LogP contribution in [0, 0.1) is 6.92 Å². The number of aryl methyl sites for hydroxylation is 1. The summed E-state index contributed by atoms with van der Waals surface area (Å²) in [6.45, 7) is 2.90. The van der Waals surface area contributed by atoms with Crippen LogP contribution in [0.1, 0.15) is 11.1 Å². The highest BCUT2D eigenvalue weighted by atomic mass is 79.9. The average Bonchev–Trinajstić information content (AvgIpc) is 2.89. The van der Waals surface area contributed by atoms with Gasteiger partial charge in [0.25, 0.3) is 0 Å². The molecular weight excluding hydrogens is 302 g/mol. The van der Waals surface area contributed by atoms with Crippen LogP contribution in [0.3, 0.4) is 0 Å². The van der Waals surface area contributed by atoms with Gasteiger partial charge >= 0.3 is 0 Å². The van der Waals surface area contributed by atoms with Crippen molar-refractivity contribution in [3.63, 3.8) is 0 Å². The highest BCUT2D eigenvalue weighted by Gasteiger charge is 2.02. The van der Waals surface area contributed by atoms with Gasteiger partial charge in [0, 0.05) is 16.4 Å². The van der Waals surface area contributed by atoms with Gasteiger partial charge in [-0.1, -0.05) is 40.2 Å². The van der Waals surface area contributed by atoms with Crippen molar-refractivity contribution >= 4 is 32.5 Å². The van der Waals surface area contributed by atoms with Crippen LogP contribution in [-0.2, 0) is 6.54 Å². The first-order valence-corrected chi connectivity index (χ1v) is 6.94. The number of aromatic nitrogens is 2. The third kappa shape index (κ3) is 2.49. The molecule has 96 valence electrons. The van der Waals surface area contributed by atoms with Gasteiger partial charge in [-0.25, -0.2) is 0 Å². The van der Waals surface area contributed by atoms with Crippen molar-refractivity contribution in [1.82, 2.24) is 10.2 Å². The molecule has 3 nitrogen and oxygen atoms in total. The fraction of sp³-hybridized carbons (Fsp3) is 0.133. The summed E-state index contributed by atoms with van der Waals surface area (Å²) >= 11 is 3.52. The second-order valence-electron chi connectivity index (χ2n) is 4.58. The topological polar surface area (TPSA) is 40.7 Å². The Labute approximate surface area is 120 Å². The lowest BCUT2D eigenvalue weighted by atomic mass is 10.1. The van der Waals surface area contributed by atoms with Crippen LogP contribution in [0.15, 0.2) is 47.1 Å². The molecule has 0 amide bonds. The van der Waals surface area contributed by atoms with Gasteiger partial charge in [-0.3, -0.25) is 5.10 Å². The van der Waals surface area contributed by atoms with Crippen LogP contribution in [0.5, 0.6) is 0 Å². The third-order valence-electron chi connectivity index (χ3n) is 3.18. The Morgan fingerprint density at radius 2 is 2.16 bits per heavy atom. The Kier molecular flexibility index (Phi) is 3.25. The molecule has 1 aromatic heterocycles. The van der Waals surface area contributed by atoms with Gasteiger partial charge in [-0.15, -0.1) is 0 Å². The maximum atomic E-state index is 4.07. The zero-order valence-electron chi connectivity index (χ0n) is 10.6. The summed E-state index contributed by atoms with van der Waals surface area (Å²) in [5.41, 5.74) is 4.64. The molecule has 2 aromatic carbocycles. The molecule has 3 rings (SSSR count). The number of para-hydroxylation sites is 1. The summed E-state index contributed by atoms with van der Waals surface area (Å²) in [7, 11) is 0. The Hall–Kier alpha value is -1.81. The van der Waals surface area contributed by atoms with Gasteiger partial charge < -0.3 is 5.32 Å². The molecule has 0 radical (unpaired) electrons. The zero-order chi connectivity index (χ0) is 13.2. The van der Waals surface area contributed by atoms with E-state index >= 15 is 0 Å². The van der Waals surface area contributed by atoms with Gasteiger partial charge in [-0.05, 0) is 30.2 Å². The van der Waals surface area contributed by atoms with E-state index in [2.05, 4.69) is 62.6 Å². The number of rotatable bonds is 3. The fourth-order valence-corrected chi connectivity index (χ4v) is 2.38. The van der Waals surface area contributed by atoms with Gasteiger partial charge in [0.1, 0.15) is 0 Å². The molecule has 0 atom stereocenters. The summed E-state index contributed by atoms with van der Waals surface area (Å²) in [5.74, 6) is 0. The van der Waals surface area contributed by atoms with Crippen molar-refractivity contribution in [2.75, 3.05) is 5.32 Å². The van der Waals surface area contributed by atoms with E-state index in [9.17, 15) is 0 Å². The monoisotopic (exact) mass is 315 g/mol. The van der Waals surface area contributed by atoms with Gasteiger partial charge in [0.15, 0.2) is 0 Å². The Morgan fingerprint density at radius 1 is 1.26 bits per heavy atom.